The zero-order valence-electron chi connectivity index (χ0n) is 12.0. The van der Waals surface area contributed by atoms with Crippen molar-refractivity contribution >= 4 is 11.5 Å². The molecule has 0 spiro atoms. The molecule has 1 saturated carbocycles. The maximum Gasteiger partial charge on any atom is 0.372 e. The lowest BCUT2D eigenvalue weighted by Gasteiger charge is -2.11. The monoisotopic (exact) mass is 280 g/mol. The lowest BCUT2D eigenvalue weighted by Crippen LogP contribution is -2.11. The normalized spacial score (nSPS) is 14.4. The second-order valence-electron chi connectivity index (χ2n) is 5.43. The average molecular weight is 280 g/mol. The predicted octanol–water partition coefficient (Wildman–Crippen LogP) is 2.73. The van der Waals surface area contributed by atoms with E-state index in [0.717, 1.165) is 19.3 Å². The van der Waals surface area contributed by atoms with Gasteiger partial charge >= 0.3 is 5.69 Å². The van der Waals surface area contributed by atoms with Crippen molar-refractivity contribution in [1.29, 1.82) is 0 Å². The maximum absolute atomic E-state index is 11.2. The van der Waals surface area contributed by atoms with Gasteiger partial charge in [0.2, 0.25) is 5.82 Å². The smallest absolute Gasteiger partial charge is 0.372 e. The summed E-state index contributed by atoms with van der Waals surface area (Å²) >= 11 is 0. The highest BCUT2D eigenvalue weighted by atomic mass is 16.6. The summed E-state index contributed by atoms with van der Waals surface area (Å²) in [6.07, 6.45) is 2.99. The summed E-state index contributed by atoms with van der Waals surface area (Å²) in [6.45, 7) is 4.85. The van der Waals surface area contributed by atoms with Crippen molar-refractivity contribution in [2.45, 2.75) is 39.0 Å². The number of anilines is 1. The number of hydrogen-bond donors (Lipinski definition) is 1. The summed E-state index contributed by atoms with van der Waals surface area (Å²) in [4.78, 5) is 19.2. The number of methoxy groups -OCH3 is 1. The lowest BCUT2D eigenvalue weighted by atomic mass is 10.1. The van der Waals surface area contributed by atoms with Gasteiger partial charge in [-0.15, -0.1) is 0 Å². The minimum atomic E-state index is -0.493. The molecule has 0 amide bonds. The van der Waals surface area contributed by atoms with Crippen LogP contribution in [0.25, 0.3) is 0 Å². The van der Waals surface area contributed by atoms with Crippen LogP contribution in [0.5, 0.6) is 5.88 Å². The van der Waals surface area contributed by atoms with Crippen molar-refractivity contribution in [3.05, 3.63) is 15.9 Å². The third kappa shape index (κ3) is 3.34. The Labute approximate surface area is 117 Å². The Hall–Kier alpha value is -1.92. The molecule has 0 aliphatic heterocycles. The molecule has 0 saturated heterocycles. The van der Waals surface area contributed by atoms with Gasteiger partial charge in [0.1, 0.15) is 5.82 Å². The van der Waals surface area contributed by atoms with Gasteiger partial charge in [-0.05, 0) is 25.2 Å². The van der Waals surface area contributed by atoms with Gasteiger partial charge in [0, 0.05) is 12.5 Å². The number of nitrogens with zero attached hydrogens (tertiary/aromatic N) is 3. The number of aromatic nitrogens is 2. The third-order valence-electron chi connectivity index (χ3n) is 3.20. The van der Waals surface area contributed by atoms with Gasteiger partial charge in [0.05, 0.1) is 12.0 Å². The number of ether oxygens (including phenoxy) is 1. The van der Waals surface area contributed by atoms with E-state index in [-0.39, 0.29) is 17.4 Å². The first-order chi connectivity index (χ1) is 9.52. The van der Waals surface area contributed by atoms with Crippen LogP contribution in [0.1, 0.15) is 44.9 Å². The van der Waals surface area contributed by atoms with Crippen molar-refractivity contribution in [2.24, 2.45) is 5.92 Å². The Morgan fingerprint density at radius 1 is 1.45 bits per heavy atom. The van der Waals surface area contributed by atoms with E-state index in [1.165, 1.54) is 7.11 Å². The Morgan fingerprint density at radius 2 is 2.15 bits per heavy atom. The van der Waals surface area contributed by atoms with E-state index >= 15 is 0 Å². The van der Waals surface area contributed by atoms with E-state index < -0.39 is 4.92 Å². The highest BCUT2D eigenvalue weighted by molar-refractivity contribution is 5.62. The van der Waals surface area contributed by atoms with Gasteiger partial charge in [-0.25, -0.2) is 4.98 Å². The molecule has 1 aromatic heterocycles. The van der Waals surface area contributed by atoms with Crippen molar-refractivity contribution in [1.82, 2.24) is 9.97 Å². The molecule has 20 heavy (non-hydrogen) atoms. The van der Waals surface area contributed by atoms with Crippen LogP contribution in [-0.2, 0) is 0 Å². The van der Waals surface area contributed by atoms with Crippen LogP contribution in [0.4, 0.5) is 11.5 Å². The second kappa shape index (κ2) is 6.02. The largest absolute Gasteiger partial charge is 0.476 e. The van der Waals surface area contributed by atoms with E-state index in [4.69, 9.17) is 4.74 Å². The van der Waals surface area contributed by atoms with Crippen LogP contribution in [0.15, 0.2) is 0 Å². The quantitative estimate of drug-likeness (QED) is 0.610. The average Bonchev–Trinajstić information content (AvgIpc) is 3.21. The molecule has 7 heteroatoms. The van der Waals surface area contributed by atoms with E-state index in [9.17, 15) is 10.1 Å². The Kier molecular flexibility index (Phi) is 4.36. The molecule has 0 aromatic carbocycles. The zero-order chi connectivity index (χ0) is 14.7. The highest BCUT2D eigenvalue weighted by Gasteiger charge is 2.32. The first-order valence-corrected chi connectivity index (χ1v) is 6.87. The summed E-state index contributed by atoms with van der Waals surface area (Å²) in [5, 5.41) is 14.3. The zero-order valence-corrected chi connectivity index (χ0v) is 12.0. The molecule has 0 unspecified atom stereocenters. The van der Waals surface area contributed by atoms with Crippen molar-refractivity contribution in [3.63, 3.8) is 0 Å². The van der Waals surface area contributed by atoms with Gasteiger partial charge < -0.3 is 10.1 Å². The number of nitro groups is 1. The molecular formula is C13H20N4O3. The lowest BCUT2D eigenvalue weighted by molar-refractivity contribution is -0.385. The molecule has 2 rings (SSSR count). The van der Waals surface area contributed by atoms with Crippen LogP contribution in [0.2, 0.25) is 0 Å². The molecule has 1 fully saturated rings. The molecule has 1 aliphatic carbocycles. The standard InChI is InChI=1S/C13H20N4O3/c1-8(2)6-7-14-12-10(17(18)19)13(20-3)16-11(15-12)9-4-5-9/h8-9H,4-7H2,1-3H3,(H,14,15,16). The third-order valence-corrected chi connectivity index (χ3v) is 3.20. The first kappa shape index (κ1) is 14.5. The molecule has 7 nitrogen and oxygen atoms in total. The Bertz CT molecular complexity index is 501. The summed E-state index contributed by atoms with van der Waals surface area (Å²) in [6, 6.07) is 0. The van der Waals surface area contributed by atoms with E-state index in [0.29, 0.717) is 24.2 Å². The maximum atomic E-state index is 11.2. The molecule has 0 bridgehead atoms. The highest BCUT2D eigenvalue weighted by Crippen LogP contribution is 2.41. The van der Waals surface area contributed by atoms with E-state index in [1.54, 1.807) is 0 Å². The fraction of sp³-hybridized carbons (Fsp3) is 0.692. The van der Waals surface area contributed by atoms with Crippen LogP contribution >= 0.6 is 0 Å². The summed E-state index contributed by atoms with van der Waals surface area (Å²) < 4.78 is 5.06. The molecule has 1 aliphatic rings. The SMILES string of the molecule is COc1nc(C2CC2)nc(NCCC(C)C)c1[N+](=O)[O-]. The van der Waals surface area contributed by atoms with Gasteiger partial charge in [0.15, 0.2) is 0 Å². The number of nitrogens with one attached hydrogen (secondary N) is 1. The minimum absolute atomic E-state index is 0.0407. The summed E-state index contributed by atoms with van der Waals surface area (Å²) in [7, 11) is 1.39. The molecule has 0 atom stereocenters. The van der Waals surface area contributed by atoms with Crippen molar-refractivity contribution in [3.8, 4) is 5.88 Å². The van der Waals surface area contributed by atoms with Crippen LogP contribution in [-0.4, -0.2) is 28.5 Å². The van der Waals surface area contributed by atoms with Crippen LogP contribution < -0.4 is 10.1 Å². The van der Waals surface area contributed by atoms with Gasteiger partial charge in [0.25, 0.3) is 5.88 Å². The molecule has 1 aromatic rings. The Balaban J connectivity index is 2.29. The van der Waals surface area contributed by atoms with Crippen LogP contribution in [0.3, 0.4) is 0 Å². The van der Waals surface area contributed by atoms with Crippen molar-refractivity contribution < 1.29 is 9.66 Å². The van der Waals surface area contributed by atoms with Gasteiger partial charge in [-0.3, -0.25) is 10.1 Å². The summed E-state index contributed by atoms with van der Waals surface area (Å²) in [5.41, 5.74) is -0.180. The molecular weight excluding hydrogens is 260 g/mol. The molecule has 1 N–H and O–H groups in total. The number of rotatable bonds is 7. The van der Waals surface area contributed by atoms with E-state index in [2.05, 4.69) is 29.1 Å². The minimum Gasteiger partial charge on any atom is -0.476 e. The number of hydrogen-bond acceptors (Lipinski definition) is 6. The fourth-order valence-electron chi connectivity index (χ4n) is 1.88. The second-order valence-corrected chi connectivity index (χ2v) is 5.43. The van der Waals surface area contributed by atoms with Crippen LogP contribution in [0, 0.1) is 16.0 Å². The Morgan fingerprint density at radius 3 is 2.65 bits per heavy atom. The fourth-order valence-corrected chi connectivity index (χ4v) is 1.88. The first-order valence-electron chi connectivity index (χ1n) is 6.87. The molecule has 110 valence electrons. The van der Waals surface area contributed by atoms with E-state index in [1.807, 2.05) is 0 Å². The predicted molar refractivity (Wildman–Crippen MR) is 75.2 cm³/mol. The van der Waals surface area contributed by atoms with Gasteiger partial charge in [-0.2, -0.15) is 4.98 Å². The van der Waals surface area contributed by atoms with Gasteiger partial charge in [-0.1, -0.05) is 13.8 Å². The molecule has 1 heterocycles. The topological polar surface area (TPSA) is 90.2 Å². The van der Waals surface area contributed by atoms with Crippen molar-refractivity contribution in [2.75, 3.05) is 19.0 Å². The molecule has 0 radical (unpaired) electrons. The summed E-state index contributed by atoms with van der Waals surface area (Å²) in [5.74, 6) is 1.78.